The average Bonchev–Trinajstić information content (AvgIpc) is 3.38. The largest absolute Gasteiger partial charge is 0.497 e. The van der Waals surface area contributed by atoms with Crippen molar-refractivity contribution >= 4 is 11.9 Å². The molecule has 33 heavy (non-hydrogen) atoms. The molecule has 2 heterocycles. The molecule has 0 saturated heterocycles. The molecule has 1 aliphatic rings. The maximum Gasteiger partial charge on any atom is 0.264 e. The van der Waals surface area contributed by atoms with Crippen molar-refractivity contribution in [3.8, 4) is 11.5 Å². The van der Waals surface area contributed by atoms with Crippen molar-refractivity contribution in [3.05, 3.63) is 102 Å². The van der Waals surface area contributed by atoms with Gasteiger partial charge in [-0.05, 0) is 41.8 Å². The van der Waals surface area contributed by atoms with Gasteiger partial charge in [-0.25, -0.2) is 4.68 Å². The summed E-state index contributed by atoms with van der Waals surface area (Å²) in [5.41, 5.74) is 2.60. The predicted molar refractivity (Wildman–Crippen MR) is 125 cm³/mol. The van der Waals surface area contributed by atoms with Gasteiger partial charge in [0.25, 0.3) is 5.91 Å². The van der Waals surface area contributed by atoms with Crippen molar-refractivity contribution in [2.45, 2.75) is 18.5 Å². The lowest BCUT2D eigenvalue weighted by Gasteiger charge is -2.39. The number of ether oxygens (including phenoxy) is 2. The molecule has 1 aliphatic heterocycles. The zero-order valence-corrected chi connectivity index (χ0v) is 18.5. The standard InChI is InChI=1S/C26H24N4O3/c1-32-20-14-12-19(13-15-20)23-16-22(18-8-4-3-5-9-18)29(26-27-17-28-30(23)26)25(31)21-10-6-7-11-24(21)33-2/h3-15,17,22-23H,16H2,1-2H3/t22-,23+/m1/s1. The van der Waals surface area contributed by atoms with Crippen LogP contribution in [0.4, 0.5) is 5.95 Å². The molecule has 1 amide bonds. The molecule has 166 valence electrons. The monoisotopic (exact) mass is 440 g/mol. The first-order valence-corrected chi connectivity index (χ1v) is 10.8. The Bertz CT molecular complexity index is 1250. The Morgan fingerprint density at radius 3 is 2.27 bits per heavy atom. The van der Waals surface area contributed by atoms with Crippen molar-refractivity contribution in [1.82, 2.24) is 14.8 Å². The van der Waals surface area contributed by atoms with Gasteiger partial charge in [0.15, 0.2) is 0 Å². The highest BCUT2D eigenvalue weighted by Crippen LogP contribution is 2.43. The highest BCUT2D eigenvalue weighted by Gasteiger charge is 2.40. The third kappa shape index (κ3) is 3.71. The van der Waals surface area contributed by atoms with Crippen molar-refractivity contribution in [2.75, 3.05) is 19.1 Å². The number of hydrogen-bond donors (Lipinski definition) is 0. The molecule has 0 bridgehead atoms. The van der Waals surface area contributed by atoms with Gasteiger partial charge >= 0.3 is 0 Å². The van der Waals surface area contributed by atoms with Crippen LogP contribution in [0.25, 0.3) is 0 Å². The number of amides is 1. The maximum absolute atomic E-state index is 13.9. The van der Waals surface area contributed by atoms with Gasteiger partial charge in [0.05, 0.1) is 31.9 Å². The SMILES string of the molecule is COc1ccc([C@@H]2C[C@H](c3ccccc3)N(C(=O)c3ccccc3OC)c3ncnn32)cc1. The smallest absolute Gasteiger partial charge is 0.264 e. The molecule has 0 radical (unpaired) electrons. The first kappa shape index (κ1) is 20.8. The zero-order chi connectivity index (χ0) is 22.8. The van der Waals surface area contributed by atoms with Crippen molar-refractivity contribution < 1.29 is 14.3 Å². The first-order chi connectivity index (χ1) is 16.2. The van der Waals surface area contributed by atoms with E-state index in [9.17, 15) is 4.79 Å². The van der Waals surface area contributed by atoms with Gasteiger partial charge in [-0.15, -0.1) is 0 Å². The Morgan fingerprint density at radius 2 is 1.55 bits per heavy atom. The van der Waals surface area contributed by atoms with Gasteiger partial charge in [0, 0.05) is 0 Å². The van der Waals surface area contributed by atoms with Crippen LogP contribution in [0.1, 0.15) is 40.0 Å². The fraction of sp³-hybridized carbons (Fsp3) is 0.192. The van der Waals surface area contributed by atoms with Gasteiger partial charge < -0.3 is 9.47 Å². The van der Waals surface area contributed by atoms with Crippen LogP contribution in [-0.4, -0.2) is 34.9 Å². The normalized spacial score (nSPS) is 17.3. The molecule has 5 rings (SSSR count). The van der Waals surface area contributed by atoms with Crippen molar-refractivity contribution in [3.63, 3.8) is 0 Å². The molecule has 3 aromatic carbocycles. The Morgan fingerprint density at radius 1 is 0.848 bits per heavy atom. The fourth-order valence-corrected chi connectivity index (χ4v) is 4.44. The minimum atomic E-state index is -0.229. The second-order valence-corrected chi connectivity index (χ2v) is 7.83. The Kier molecular flexibility index (Phi) is 5.52. The Balaban J connectivity index is 1.64. The number of aromatic nitrogens is 3. The van der Waals surface area contributed by atoms with E-state index < -0.39 is 0 Å². The van der Waals surface area contributed by atoms with Gasteiger partial charge in [0.1, 0.15) is 17.8 Å². The van der Waals surface area contributed by atoms with E-state index in [2.05, 4.69) is 10.1 Å². The lowest BCUT2D eigenvalue weighted by Crippen LogP contribution is -2.42. The molecule has 2 atom stereocenters. The van der Waals surface area contributed by atoms with E-state index in [1.54, 1.807) is 31.3 Å². The summed E-state index contributed by atoms with van der Waals surface area (Å²) >= 11 is 0. The molecule has 0 saturated carbocycles. The topological polar surface area (TPSA) is 69.5 Å². The number of benzene rings is 3. The van der Waals surface area contributed by atoms with E-state index in [1.807, 2.05) is 71.4 Å². The summed E-state index contributed by atoms with van der Waals surface area (Å²) < 4.78 is 12.6. The van der Waals surface area contributed by atoms with E-state index in [-0.39, 0.29) is 18.0 Å². The number of hydrogen-bond acceptors (Lipinski definition) is 5. The quantitative estimate of drug-likeness (QED) is 0.451. The molecule has 7 nitrogen and oxygen atoms in total. The second-order valence-electron chi connectivity index (χ2n) is 7.83. The fourth-order valence-electron chi connectivity index (χ4n) is 4.44. The van der Waals surface area contributed by atoms with Gasteiger partial charge in [-0.2, -0.15) is 10.1 Å². The minimum absolute atomic E-state index is 0.0830. The number of carbonyl (C=O) groups is 1. The van der Waals surface area contributed by atoms with Crippen LogP contribution in [0.3, 0.4) is 0 Å². The van der Waals surface area contributed by atoms with Gasteiger partial charge in [-0.3, -0.25) is 9.69 Å². The van der Waals surface area contributed by atoms with Crippen LogP contribution in [-0.2, 0) is 0 Å². The highest BCUT2D eigenvalue weighted by atomic mass is 16.5. The second kappa shape index (κ2) is 8.78. The summed E-state index contributed by atoms with van der Waals surface area (Å²) in [5, 5.41) is 4.50. The molecule has 0 fully saturated rings. The zero-order valence-electron chi connectivity index (χ0n) is 18.5. The molecule has 7 heteroatoms. The lowest BCUT2D eigenvalue weighted by atomic mass is 9.91. The van der Waals surface area contributed by atoms with Crippen LogP contribution in [0.2, 0.25) is 0 Å². The Labute approximate surface area is 192 Å². The average molecular weight is 441 g/mol. The number of rotatable bonds is 5. The van der Waals surface area contributed by atoms with E-state index in [0.717, 1.165) is 16.9 Å². The highest BCUT2D eigenvalue weighted by molar-refractivity contribution is 6.07. The number of carbonyl (C=O) groups excluding carboxylic acids is 1. The van der Waals surface area contributed by atoms with E-state index in [1.165, 1.54) is 6.33 Å². The molecule has 1 aromatic heterocycles. The van der Waals surface area contributed by atoms with E-state index >= 15 is 0 Å². The van der Waals surface area contributed by atoms with E-state index in [4.69, 9.17) is 9.47 Å². The molecule has 0 unspecified atom stereocenters. The van der Waals surface area contributed by atoms with E-state index in [0.29, 0.717) is 23.7 Å². The summed E-state index contributed by atoms with van der Waals surface area (Å²) in [5.74, 6) is 1.65. The number of para-hydroxylation sites is 1. The van der Waals surface area contributed by atoms with Crippen molar-refractivity contribution in [1.29, 1.82) is 0 Å². The summed E-state index contributed by atoms with van der Waals surface area (Å²) in [7, 11) is 3.22. The Hall–Kier alpha value is -4.13. The third-order valence-corrected chi connectivity index (χ3v) is 6.06. The maximum atomic E-state index is 13.9. The third-order valence-electron chi connectivity index (χ3n) is 6.06. The van der Waals surface area contributed by atoms with Gasteiger partial charge in [-0.1, -0.05) is 54.6 Å². The van der Waals surface area contributed by atoms with Crippen LogP contribution < -0.4 is 14.4 Å². The van der Waals surface area contributed by atoms with Crippen LogP contribution in [0, 0.1) is 0 Å². The summed E-state index contributed by atoms with van der Waals surface area (Å²) in [6, 6.07) is 24.9. The summed E-state index contributed by atoms with van der Waals surface area (Å²) in [6.07, 6.45) is 2.15. The van der Waals surface area contributed by atoms with Crippen LogP contribution in [0.5, 0.6) is 11.5 Å². The number of anilines is 1. The lowest BCUT2D eigenvalue weighted by molar-refractivity contribution is 0.0960. The number of fused-ring (bicyclic) bond motifs is 1. The molecule has 0 N–H and O–H groups in total. The number of nitrogens with zero attached hydrogens (tertiary/aromatic N) is 4. The molecule has 0 aliphatic carbocycles. The molecular weight excluding hydrogens is 416 g/mol. The summed E-state index contributed by atoms with van der Waals surface area (Å²) in [6.45, 7) is 0. The summed E-state index contributed by atoms with van der Waals surface area (Å²) in [4.78, 5) is 20.2. The minimum Gasteiger partial charge on any atom is -0.497 e. The molecule has 4 aromatic rings. The number of methoxy groups -OCH3 is 2. The van der Waals surface area contributed by atoms with Crippen LogP contribution >= 0.6 is 0 Å². The van der Waals surface area contributed by atoms with Crippen molar-refractivity contribution in [2.24, 2.45) is 0 Å². The first-order valence-electron chi connectivity index (χ1n) is 10.8. The van der Waals surface area contributed by atoms with Gasteiger partial charge in [0.2, 0.25) is 5.95 Å². The van der Waals surface area contributed by atoms with Crippen LogP contribution in [0.15, 0.2) is 85.2 Å². The molecular formula is C26H24N4O3. The molecule has 0 spiro atoms. The predicted octanol–water partition coefficient (Wildman–Crippen LogP) is 4.68.